The summed E-state index contributed by atoms with van der Waals surface area (Å²) in [5.74, 6) is 2.25. The standard InChI is InChI=1S/C17H23NOS/c1-20-14-7-3-6-12-18-17(16-11-8-13-19-16)15-9-4-2-5-10-15/h2,4-5,8-11,13,17-18H,3,6-7,12,14H2,1H3. The molecular formula is C17H23NOS. The lowest BCUT2D eigenvalue weighted by Gasteiger charge is -2.17. The Balaban J connectivity index is 1.88. The maximum Gasteiger partial charge on any atom is 0.125 e. The molecule has 2 nitrogen and oxygen atoms in total. The molecule has 0 aliphatic rings. The molecule has 1 aromatic carbocycles. The largest absolute Gasteiger partial charge is 0.467 e. The van der Waals surface area contributed by atoms with E-state index < -0.39 is 0 Å². The van der Waals surface area contributed by atoms with E-state index in [9.17, 15) is 0 Å². The molecular weight excluding hydrogens is 266 g/mol. The molecule has 1 heterocycles. The van der Waals surface area contributed by atoms with Gasteiger partial charge in [-0.3, -0.25) is 0 Å². The number of unbranched alkanes of at least 4 members (excludes halogenated alkanes) is 2. The molecule has 0 aliphatic carbocycles. The van der Waals surface area contributed by atoms with E-state index in [1.165, 1.54) is 30.6 Å². The van der Waals surface area contributed by atoms with Crippen LogP contribution >= 0.6 is 11.8 Å². The van der Waals surface area contributed by atoms with Gasteiger partial charge in [0, 0.05) is 0 Å². The zero-order valence-corrected chi connectivity index (χ0v) is 12.9. The zero-order chi connectivity index (χ0) is 14.0. The minimum atomic E-state index is 0.159. The van der Waals surface area contributed by atoms with Gasteiger partial charge >= 0.3 is 0 Å². The van der Waals surface area contributed by atoms with Gasteiger partial charge in [-0.15, -0.1) is 0 Å². The summed E-state index contributed by atoms with van der Waals surface area (Å²) >= 11 is 1.93. The third-order valence-electron chi connectivity index (χ3n) is 3.33. The van der Waals surface area contributed by atoms with Crippen LogP contribution in [0.1, 0.15) is 36.6 Å². The second-order valence-electron chi connectivity index (χ2n) is 4.87. The number of hydrogen-bond acceptors (Lipinski definition) is 3. The molecule has 1 N–H and O–H groups in total. The number of rotatable bonds is 9. The van der Waals surface area contributed by atoms with Gasteiger partial charge < -0.3 is 9.73 Å². The van der Waals surface area contributed by atoms with Gasteiger partial charge in [-0.2, -0.15) is 11.8 Å². The topological polar surface area (TPSA) is 25.2 Å². The van der Waals surface area contributed by atoms with Crippen LogP contribution < -0.4 is 5.32 Å². The van der Waals surface area contributed by atoms with Crippen LogP contribution in [0.25, 0.3) is 0 Å². The Bertz CT molecular complexity index is 455. The number of benzene rings is 1. The lowest BCUT2D eigenvalue weighted by atomic mass is 10.0. The monoisotopic (exact) mass is 289 g/mol. The summed E-state index contributed by atoms with van der Waals surface area (Å²) < 4.78 is 5.58. The Morgan fingerprint density at radius 2 is 1.90 bits per heavy atom. The van der Waals surface area contributed by atoms with Crippen LogP contribution in [0.15, 0.2) is 53.1 Å². The molecule has 2 aromatic rings. The van der Waals surface area contributed by atoms with Crippen molar-refractivity contribution in [3.63, 3.8) is 0 Å². The van der Waals surface area contributed by atoms with Crippen LogP contribution in [-0.4, -0.2) is 18.6 Å². The fourth-order valence-electron chi connectivity index (χ4n) is 2.28. The third-order valence-corrected chi connectivity index (χ3v) is 4.03. The first kappa shape index (κ1) is 15.2. The summed E-state index contributed by atoms with van der Waals surface area (Å²) in [6.45, 7) is 1.02. The molecule has 1 atom stereocenters. The number of hydrogen-bond donors (Lipinski definition) is 1. The van der Waals surface area contributed by atoms with Crippen molar-refractivity contribution < 1.29 is 4.42 Å². The van der Waals surface area contributed by atoms with Crippen molar-refractivity contribution in [2.75, 3.05) is 18.6 Å². The Hall–Kier alpha value is -1.19. The predicted octanol–water partition coefficient (Wildman–Crippen LogP) is 4.49. The van der Waals surface area contributed by atoms with E-state index in [2.05, 4.69) is 35.8 Å². The predicted molar refractivity (Wildman–Crippen MR) is 87.2 cm³/mol. The summed E-state index contributed by atoms with van der Waals surface area (Å²) in [5, 5.41) is 3.61. The molecule has 108 valence electrons. The highest BCUT2D eigenvalue weighted by Gasteiger charge is 2.15. The normalized spacial score (nSPS) is 12.4. The molecule has 1 aromatic heterocycles. The molecule has 2 rings (SSSR count). The van der Waals surface area contributed by atoms with E-state index in [0.717, 1.165) is 12.3 Å². The van der Waals surface area contributed by atoms with Gasteiger partial charge in [0.25, 0.3) is 0 Å². The molecule has 0 fully saturated rings. The quantitative estimate of drug-likeness (QED) is 0.688. The van der Waals surface area contributed by atoms with Crippen LogP contribution in [0.2, 0.25) is 0 Å². The lowest BCUT2D eigenvalue weighted by molar-refractivity contribution is 0.442. The Morgan fingerprint density at radius 3 is 2.60 bits per heavy atom. The average Bonchev–Trinajstić information content (AvgIpc) is 3.01. The summed E-state index contributed by atoms with van der Waals surface area (Å²) in [6, 6.07) is 14.6. The minimum Gasteiger partial charge on any atom is -0.467 e. The molecule has 0 radical (unpaired) electrons. The van der Waals surface area contributed by atoms with Crippen molar-refractivity contribution in [3.8, 4) is 0 Å². The summed E-state index contributed by atoms with van der Waals surface area (Å²) in [4.78, 5) is 0. The summed E-state index contributed by atoms with van der Waals surface area (Å²) in [5.41, 5.74) is 1.26. The molecule has 0 aliphatic heterocycles. The summed E-state index contributed by atoms with van der Waals surface area (Å²) in [7, 11) is 0. The number of thioether (sulfide) groups is 1. The molecule has 0 amide bonds. The summed E-state index contributed by atoms with van der Waals surface area (Å²) in [6.07, 6.45) is 7.71. The van der Waals surface area contributed by atoms with E-state index in [4.69, 9.17) is 4.42 Å². The molecule has 0 spiro atoms. The van der Waals surface area contributed by atoms with Crippen molar-refractivity contribution in [1.29, 1.82) is 0 Å². The first-order chi connectivity index (χ1) is 9.92. The van der Waals surface area contributed by atoms with Gasteiger partial charge in [-0.1, -0.05) is 36.8 Å². The highest BCUT2D eigenvalue weighted by atomic mass is 32.2. The van der Waals surface area contributed by atoms with Crippen molar-refractivity contribution in [2.24, 2.45) is 0 Å². The van der Waals surface area contributed by atoms with Gasteiger partial charge in [0.1, 0.15) is 5.76 Å². The first-order valence-electron chi connectivity index (χ1n) is 7.22. The van der Waals surface area contributed by atoms with Gasteiger partial charge in [0.15, 0.2) is 0 Å². The highest BCUT2D eigenvalue weighted by Crippen LogP contribution is 2.22. The van der Waals surface area contributed by atoms with Crippen molar-refractivity contribution in [3.05, 3.63) is 60.1 Å². The second kappa shape index (κ2) is 8.88. The van der Waals surface area contributed by atoms with E-state index in [-0.39, 0.29) is 6.04 Å². The average molecular weight is 289 g/mol. The maximum absolute atomic E-state index is 5.58. The number of furan rings is 1. The zero-order valence-electron chi connectivity index (χ0n) is 12.0. The minimum absolute atomic E-state index is 0.159. The van der Waals surface area contributed by atoms with Crippen molar-refractivity contribution in [2.45, 2.75) is 25.3 Å². The van der Waals surface area contributed by atoms with E-state index >= 15 is 0 Å². The molecule has 3 heteroatoms. The van der Waals surface area contributed by atoms with Gasteiger partial charge in [0.2, 0.25) is 0 Å². The van der Waals surface area contributed by atoms with Crippen LogP contribution in [0, 0.1) is 0 Å². The molecule has 0 bridgehead atoms. The molecule has 0 saturated carbocycles. The van der Waals surface area contributed by atoms with E-state index in [1.54, 1.807) is 6.26 Å². The second-order valence-corrected chi connectivity index (χ2v) is 5.85. The van der Waals surface area contributed by atoms with Crippen LogP contribution in [-0.2, 0) is 0 Å². The molecule has 1 unspecified atom stereocenters. The van der Waals surface area contributed by atoms with Crippen LogP contribution in [0.3, 0.4) is 0 Å². The Morgan fingerprint density at radius 1 is 1.05 bits per heavy atom. The smallest absolute Gasteiger partial charge is 0.125 e. The van der Waals surface area contributed by atoms with E-state index in [1.807, 2.05) is 30.0 Å². The first-order valence-corrected chi connectivity index (χ1v) is 8.62. The molecule has 0 saturated heterocycles. The fourth-order valence-corrected chi connectivity index (χ4v) is 2.77. The lowest BCUT2D eigenvalue weighted by Crippen LogP contribution is -2.23. The maximum atomic E-state index is 5.58. The van der Waals surface area contributed by atoms with Crippen molar-refractivity contribution in [1.82, 2.24) is 5.32 Å². The SMILES string of the molecule is CSCCCCCNC(c1ccccc1)c1ccco1. The van der Waals surface area contributed by atoms with Crippen LogP contribution in [0.4, 0.5) is 0 Å². The van der Waals surface area contributed by atoms with Crippen LogP contribution in [0.5, 0.6) is 0 Å². The van der Waals surface area contributed by atoms with Gasteiger partial charge in [-0.25, -0.2) is 0 Å². The van der Waals surface area contributed by atoms with Crippen molar-refractivity contribution >= 4 is 11.8 Å². The Labute approximate surface area is 126 Å². The molecule has 20 heavy (non-hydrogen) atoms. The van der Waals surface area contributed by atoms with E-state index in [0.29, 0.717) is 0 Å². The number of nitrogens with one attached hydrogen (secondary N) is 1. The Kier molecular flexibility index (Phi) is 6.75. The fraction of sp³-hybridized carbons (Fsp3) is 0.412. The van der Waals surface area contributed by atoms with Gasteiger partial charge in [0.05, 0.1) is 12.3 Å². The highest BCUT2D eigenvalue weighted by molar-refractivity contribution is 7.98. The van der Waals surface area contributed by atoms with Gasteiger partial charge in [-0.05, 0) is 49.1 Å². The third kappa shape index (κ3) is 4.73.